The molecule has 0 aliphatic carbocycles. The van der Waals surface area contributed by atoms with Gasteiger partial charge in [0.1, 0.15) is 12.1 Å². The number of morpholine rings is 1. The van der Waals surface area contributed by atoms with Gasteiger partial charge in [0.05, 0.1) is 13.2 Å². The molecular weight excluding hydrogens is 276 g/mol. The van der Waals surface area contributed by atoms with E-state index >= 15 is 0 Å². The number of rotatable bonds is 4. The van der Waals surface area contributed by atoms with E-state index in [-0.39, 0.29) is 0 Å². The largest absolute Gasteiger partial charge is 0.379 e. The Kier molecular flexibility index (Phi) is 5.26. The van der Waals surface area contributed by atoms with Crippen molar-refractivity contribution >= 4 is 5.82 Å². The third kappa shape index (κ3) is 3.58. The molecule has 0 saturated carbocycles. The fourth-order valence-electron chi connectivity index (χ4n) is 3.65. The summed E-state index contributed by atoms with van der Waals surface area (Å²) >= 11 is 0. The van der Waals surface area contributed by atoms with E-state index in [0.29, 0.717) is 6.04 Å². The number of nitrogens with zero attached hydrogens (tertiary/aromatic N) is 4. The minimum atomic E-state index is 0.669. The van der Waals surface area contributed by atoms with Crippen LogP contribution in [-0.2, 0) is 11.2 Å². The monoisotopic (exact) mass is 304 g/mol. The van der Waals surface area contributed by atoms with Gasteiger partial charge < -0.3 is 9.64 Å². The molecule has 1 aromatic rings. The van der Waals surface area contributed by atoms with Crippen molar-refractivity contribution in [1.29, 1.82) is 0 Å². The molecule has 2 aliphatic heterocycles. The molecule has 2 aliphatic rings. The van der Waals surface area contributed by atoms with Crippen molar-refractivity contribution in [1.82, 2.24) is 14.9 Å². The highest BCUT2D eigenvalue weighted by molar-refractivity contribution is 5.39. The van der Waals surface area contributed by atoms with E-state index in [4.69, 9.17) is 4.74 Å². The Hall–Kier alpha value is -1.20. The second-order valence-corrected chi connectivity index (χ2v) is 6.43. The van der Waals surface area contributed by atoms with E-state index in [2.05, 4.69) is 39.7 Å². The molecule has 0 amide bonds. The fourth-order valence-corrected chi connectivity index (χ4v) is 3.65. The van der Waals surface area contributed by atoms with Crippen LogP contribution in [0.4, 0.5) is 5.82 Å². The number of hydrogen-bond donors (Lipinski definition) is 0. The lowest BCUT2D eigenvalue weighted by Crippen LogP contribution is -2.48. The van der Waals surface area contributed by atoms with E-state index in [9.17, 15) is 0 Å². The van der Waals surface area contributed by atoms with E-state index in [0.717, 1.165) is 63.2 Å². The van der Waals surface area contributed by atoms with Crippen LogP contribution in [0.25, 0.3) is 0 Å². The fraction of sp³-hybridized carbons (Fsp3) is 0.765. The normalized spacial score (nSPS) is 22.7. The highest BCUT2D eigenvalue weighted by Crippen LogP contribution is 2.27. The lowest BCUT2D eigenvalue weighted by Gasteiger charge is -2.41. The highest BCUT2D eigenvalue weighted by Gasteiger charge is 2.28. The van der Waals surface area contributed by atoms with E-state index < -0.39 is 0 Å². The minimum absolute atomic E-state index is 0.669. The maximum absolute atomic E-state index is 5.47. The van der Waals surface area contributed by atoms with Gasteiger partial charge in [-0.05, 0) is 32.1 Å². The highest BCUT2D eigenvalue weighted by atomic mass is 16.5. The van der Waals surface area contributed by atoms with Gasteiger partial charge in [0, 0.05) is 44.0 Å². The van der Waals surface area contributed by atoms with Crippen LogP contribution in [-0.4, -0.2) is 60.3 Å². The van der Waals surface area contributed by atoms with Gasteiger partial charge in [-0.2, -0.15) is 0 Å². The quantitative estimate of drug-likeness (QED) is 0.851. The Bertz CT molecular complexity index is 467. The number of piperidine rings is 1. The van der Waals surface area contributed by atoms with Gasteiger partial charge in [-0.15, -0.1) is 0 Å². The maximum atomic E-state index is 5.47. The van der Waals surface area contributed by atoms with Crippen LogP contribution in [0.5, 0.6) is 0 Å². The second kappa shape index (κ2) is 7.38. The number of hydrogen-bond acceptors (Lipinski definition) is 5. The summed E-state index contributed by atoms with van der Waals surface area (Å²) in [6.45, 7) is 10.7. The molecule has 122 valence electrons. The Balaban J connectivity index is 1.55. The number of anilines is 1. The first kappa shape index (κ1) is 15.7. The first-order valence-corrected chi connectivity index (χ1v) is 8.65. The van der Waals surface area contributed by atoms with Crippen LogP contribution in [0, 0.1) is 5.92 Å². The summed E-state index contributed by atoms with van der Waals surface area (Å²) in [6.07, 6.45) is 5.19. The van der Waals surface area contributed by atoms with Gasteiger partial charge in [0.15, 0.2) is 0 Å². The van der Waals surface area contributed by atoms with Crippen molar-refractivity contribution in [2.45, 2.75) is 39.2 Å². The second-order valence-electron chi connectivity index (χ2n) is 6.43. The first-order chi connectivity index (χ1) is 10.8. The van der Waals surface area contributed by atoms with Crippen LogP contribution in [0.2, 0.25) is 0 Å². The third-order valence-corrected chi connectivity index (χ3v) is 5.24. The van der Waals surface area contributed by atoms with Gasteiger partial charge in [0.2, 0.25) is 0 Å². The van der Waals surface area contributed by atoms with E-state index in [1.807, 2.05) is 0 Å². The Morgan fingerprint density at radius 3 is 2.59 bits per heavy atom. The molecule has 1 aromatic heterocycles. The first-order valence-electron chi connectivity index (χ1n) is 8.65. The zero-order chi connectivity index (χ0) is 15.4. The lowest BCUT2D eigenvalue weighted by molar-refractivity contribution is 0.00448. The zero-order valence-electron chi connectivity index (χ0n) is 13.9. The third-order valence-electron chi connectivity index (χ3n) is 5.24. The summed E-state index contributed by atoms with van der Waals surface area (Å²) < 4.78 is 5.47. The summed E-state index contributed by atoms with van der Waals surface area (Å²) in [6, 6.07) is 2.81. The maximum Gasteiger partial charge on any atom is 0.132 e. The van der Waals surface area contributed by atoms with Gasteiger partial charge >= 0.3 is 0 Å². The van der Waals surface area contributed by atoms with Crippen LogP contribution in [0.3, 0.4) is 0 Å². The van der Waals surface area contributed by atoms with Crippen molar-refractivity contribution in [2.75, 3.05) is 44.3 Å². The van der Waals surface area contributed by atoms with Gasteiger partial charge in [-0.1, -0.05) is 6.92 Å². The molecule has 22 heavy (non-hydrogen) atoms. The van der Waals surface area contributed by atoms with Crippen LogP contribution in [0.1, 0.15) is 32.4 Å². The van der Waals surface area contributed by atoms with E-state index in [1.165, 1.54) is 12.8 Å². The molecule has 3 heterocycles. The molecule has 2 fully saturated rings. The van der Waals surface area contributed by atoms with Crippen molar-refractivity contribution < 1.29 is 4.74 Å². The Morgan fingerprint density at radius 2 is 1.91 bits per heavy atom. The molecular formula is C17H28N4O. The van der Waals surface area contributed by atoms with Gasteiger partial charge in [0.25, 0.3) is 0 Å². The van der Waals surface area contributed by atoms with Crippen molar-refractivity contribution in [3.63, 3.8) is 0 Å². The van der Waals surface area contributed by atoms with Gasteiger partial charge in [-0.3, -0.25) is 4.90 Å². The molecule has 0 unspecified atom stereocenters. The van der Waals surface area contributed by atoms with Crippen LogP contribution < -0.4 is 4.90 Å². The lowest BCUT2D eigenvalue weighted by atomic mass is 9.89. The number of aromatic nitrogens is 2. The van der Waals surface area contributed by atoms with Crippen LogP contribution >= 0.6 is 0 Å². The number of aryl methyl sites for hydroxylation is 1. The summed E-state index contributed by atoms with van der Waals surface area (Å²) in [5, 5.41) is 0. The Labute approximate surface area is 133 Å². The average Bonchev–Trinajstić information content (AvgIpc) is 2.62. The van der Waals surface area contributed by atoms with Crippen molar-refractivity contribution in [3.05, 3.63) is 18.1 Å². The summed E-state index contributed by atoms with van der Waals surface area (Å²) in [5.41, 5.74) is 1.13. The SMILES string of the molecule is CCc1cc(N2CCC([C@@H](C)N3CCOCC3)CC2)ncn1. The molecule has 0 radical (unpaired) electrons. The molecule has 5 heteroatoms. The Morgan fingerprint density at radius 1 is 1.18 bits per heavy atom. The molecule has 0 spiro atoms. The van der Waals surface area contributed by atoms with Crippen LogP contribution in [0.15, 0.2) is 12.4 Å². The molecule has 0 aromatic carbocycles. The molecule has 5 nitrogen and oxygen atoms in total. The summed E-state index contributed by atoms with van der Waals surface area (Å²) in [5.74, 6) is 1.89. The predicted octanol–water partition coefficient (Wildman–Crippen LogP) is 1.98. The van der Waals surface area contributed by atoms with Crippen molar-refractivity contribution in [2.24, 2.45) is 5.92 Å². The number of ether oxygens (including phenoxy) is 1. The zero-order valence-corrected chi connectivity index (χ0v) is 13.9. The summed E-state index contributed by atoms with van der Waals surface area (Å²) in [7, 11) is 0. The summed E-state index contributed by atoms with van der Waals surface area (Å²) in [4.78, 5) is 13.8. The molecule has 0 N–H and O–H groups in total. The van der Waals surface area contributed by atoms with Crippen molar-refractivity contribution in [3.8, 4) is 0 Å². The topological polar surface area (TPSA) is 41.5 Å². The smallest absolute Gasteiger partial charge is 0.132 e. The van der Waals surface area contributed by atoms with E-state index in [1.54, 1.807) is 6.33 Å². The predicted molar refractivity (Wildman–Crippen MR) is 88.2 cm³/mol. The molecule has 3 rings (SSSR count). The molecule has 0 bridgehead atoms. The molecule has 1 atom stereocenters. The average molecular weight is 304 g/mol. The van der Waals surface area contributed by atoms with Gasteiger partial charge in [-0.25, -0.2) is 9.97 Å². The standard InChI is InChI=1S/C17H28N4O/c1-3-16-12-17(19-13-18-16)21-6-4-15(5-7-21)14(2)20-8-10-22-11-9-20/h12-15H,3-11H2,1-2H3/t14-/m1/s1. The molecule has 2 saturated heterocycles. The minimum Gasteiger partial charge on any atom is -0.379 e.